The number of hydrogen-bond donors (Lipinski definition) is 2. The maximum Gasteiger partial charge on any atom is 0.251 e. The number of benzene rings is 2. The van der Waals surface area contributed by atoms with Crippen molar-refractivity contribution in [3.8, 4) is 0 Å². The van der Waals surface area contributed by atoms with Gasteiger partial charge in [-0.15, -0.1) is 0 Å². The maximum absolute atomic E-state index is 12.1. The van der Waals surface area contributed by atoms with Gasteiger partial charge in [0.15, 0.2) is 0 Å². The molecule has 27 heavy (non-hydrogen) atoms. The highest BCUT2D eigenvalue weighted by Gasteiger charge is 2.17. The van der Waals surface area contributed by atoms with Crippen molar-refractivity contribution in [1.29, 1.82) is 0 Å². The third-order valence-electron chi connectivity index (χ3n) is 3.88. The summed E-state index contributed by atoms with van der Waals surface area (Å²) in [6.45, 7) is 2.19. The van der Waals surface area contributed by atoms with Gasteiger partial charge in [-0.3, -0.25) is 9.59 Å². The van der Waals surface area contributed by atoms with Crippen molar-refractivity contribution < 1.29 is 18.0 Å². The first-order valence-electron chi connectivity index (χ1n) is 8.33. The molecule has 0 aromatic heterocycles. The van der Waals surface area contributed by atoms with E-state index in [0.29, 0.717) is 6.54 Å². The smallest absolute Gasteiger partial charge is 0.251 e. The van der Waals surface area contributed by atoms with Crippen LogP contribution in [0.3, 0.4) is 0 Å². The fraction of sp³-hybridized carbons (Fsp3) is 0.263. The zero-order valence-corrected chi connectivity index (χ0v) is 16.3. The Balaban J connectivity index is 1.87. The molecular formula is C19H23N3O4S. The number of sulfonamides is 1. The van der Waals surface area contributed by atoms with E-state index in [-0.39, 0.29) is 22.9 Å². The minimum Gasteiger partial charge on any atom is -0.350 e. The zero-order chi connectivity index (χ0) is 20.0. The largest absolute Gasteiger partial charge is 0.350 e. The van der Waals surface area contributed by atoms with E-state index in [1.807, 2.05) is 31.2 Å². The highest BCUT2D eigenvalue weighted by atomic mass is 32.2. The lowest BCUT2D eigenvalue weighted by molar-refractivity contribution is -0.120. The summed E-state index contributed by atoms with van der Waals surface area (Å²) >= 11 is 0. The Kier molecular flexibility index (Phi) is 6.70. The van der Waals surface area contributed by atoms with Crippen molar-refractivity contribution in [2.24, 2.45) is 0 Å². The zero-order valence-electron chi connectivity index (χ0n) is 15.5. The van der Waals surface area contributed by atoms with Crippen LogP contribution in [0.4, 0.5) is 0 Å². The van der Waals surface area contributed by atoms with E-state index in [2.05, 4.69) is 10.6 Å². The molecule has 0 aliphatic heterocycles. The van der Waals surface area contributed by atoms with Crippen LogP contribution in [0.1, 0.15) is 21.5 Å². The van der Waals surface area contributed by atoms with Crippen LogP contribution in [0.2, 0.25) is 0 Å². The number of nitrogens with one attached hydrogen (secondary N) is 2. The van der Waals surface area contributed by atoms with E-state index in [9.17, 15) is 18.0 Å². The molecule has 0 bridgehead atoms. The molecule has 0 spiro atoms. The van der Waals surface area contributed by atoms with Crippen LogP contribution in [0, 0.1) is 6.92 Å². The van der Waals surface area contributed by atoms with E-state index in [0.717, 1.165) is 15.4 Å². The molecular weight excluding hydrogens is 366 g/mol. The van der Waals surface area contributed by atoms with Gasteiger partial charge in [-0.1, -0.05) is 29.8 Å². The Morgan fingerprint density at radius 3 is 2.26 bits per heavy atom. The van der Waals surface area contributed by atoms with Crippen LogP contribution in [-0.4, -0.2) is 45.2 Å². The van der Waals surface area contributed by atoms with E-state index in [1.54, 1.807) is 0 Å². The Morgan fingerprint density at radius 2 is 1.67 bits per heavy atom. The van der Waals surface area contributed by atoms with Crippen molar-refractivity contribution in [3.63, 3.8) is 0 Å². The number of carbonyl (C=O) groups is 2. The van der Waals surface area contributed by atoms with Gasteiger partial charge in [0.1, 0.15) is 0 Å². The number of rotatable bonds is 7. The summed E-state index contributed by atoms with van der Waals surface area (Å²) in [5.74, 6) is -0.758. The van der Waals surface area contributed by atoms with Crippen molar-refractivity contribution in [3.05, 3.63) is 65.2 Å². The van der Waals surface area contributed by atoms with E-state index < -0.39 is 15.9 Å². The Labute approximate surface area is 159 Å². The molecule has 0 radical (unpaired) electrons. The molecule has 2 N–H and O–H groups in total. The summed E-state index contributed by atoms with van der Waals surface area (Å²) in [6, 6.07) is 13.3. The minimum atomic E-state index is -3.54. The molecule has 2 aromatic carbocycles. The number of amides is 2. The molecule has 144 valence electrons. The van der Waals surface area contributed by atoms with Crippen molar-refractivity contribution >= 4 is 21.8 Å². The van der Waals surface area contributed by atoms with Crippen LogP contribution < -0.4 is 10.6 Å². The fourth-order valence-electron chi connectivity index (χ4n) is 2.34. The summed E-state index contributed by atoms with van der Waals surface area (Å²) in [7, 11) is -0.673. The van der Waals surface area contributed by atoms with Crippen molar-refractivity contribution in [2.45, 2.75) is 18.4 Å². The Hall–Kier alpha value is -2.71. The predicted molar refractivity (Wildman–Crippen MR) is 103 cm³/mol. The highest BCUT2D eigenvalue weighted by Crippen LogP contribution is 2.13. The first kappa shape index (κ1) is 20.6. The summed E-state index contributed by atoms with van der Waals surface area (Å²) in [6.07, 6.45) is 0. The van der Waals surface area contributed by atoms with E-state index >= 15 is 0 Å². The summed E-state index contributed by atoms with van der Waals surface area (Å²) in [5, 5.41) is 5.25. The first-order valence-corrected chi connectivity index (χ1v) is 9.77. The second-order valence-electron chi connectivity index (χ2n) is 6.26. The third-order valence-corrected chi connectivity index (χ3v) is 5.71. The average Bonchev–Trinajstić information content (AvgIpc) is 2.64. The van der Waals surface area contributed by atoms with Gasteiger partial charge in [-0.2, -0.15) is 0 Å². The Morgan fingerprint density at radius 1 is 1.00 bits per heavy atom. The molecule has 2 amide bonds. The lowest BCUT2D eigenvalue weighted by Crippen LogP contribution is -2.36. The monoisotopic (exact) mass is 389 g/mol. The highest BCUT2D eigenvalue weighted by molar-refractivity contribution is 7.89. The number of aryl methyl sites for hydroxylation is 1. The van der Waals surface area contributed by atoms with Gasteiger partial charge in [-0.25, -0.2) is 12.7 Å². The van der Waals surface area contributed by atoms with Gasteiger partial charge in [0.2, 0.25) is 15.9 Å². The summed E-state index contributed by atoms with van der Waals surface area (Å²) in [5.41, 5.74) is 2.36. The van der Waals surface area contributed by atoms with Gasteiger partial charge in [0.05, 0.1) is 11.4 Å². The molecule has 0 aliphatic rings. The predicted octanol–water partition coefficient (Wildman–Crippen LogP) is 1.29. The molecule has 8 heteroatoms. The lowest BCUT2D eigenvalue weighted by Gasteiger charge is -2.11. The van der Waals surface area contributed by atoms with Crippen LogP contribution in [0.15, 0.2) is 53.4 Å². The maximum atomic E-state index is 12.1. The topological polar surface area (TPSA) is 95.6 Å². The van der Waals surface area contributed by atoms with Crippen LogP contribution in [-0.2, 0) is 21.4 Å². The molecule has 2 aromatic rings. The van der Waals surface area contributed by atoms with Gasteiger partial charge in [-0.05, 0) is 36.8 Å². The first-order chi connectivity index (χ1) is 12.7. The molecule has 0 atom stereocenters. The van der Waals surface area contributed by atoms with E-state index in [4.69, 9.17) is 0 Å². The molecule has 0 aliphatic carbocycles. The average molecular weight is 389 g/mol. The van der Waals surface area contributed by atoms with Crippen LogP contribution in [0.5, 0.6) is 0 Å². The molecule has 7 nitrogen and oxygen atoms in total. The lowest BCUT2D eigenvalue weighted by atomic mass is 10.1. The van der Waals surface area contributed by atoms with E-state index in [1.165, 1.54) is 38.4 Å². The van der Waals surface area contributed by atoms with Gasteiger partial charge >= 0.3 is 0 Å². The van der Waals surface area contributed by atoms with Crippen LogP contribution >= 0.6 is 0 Å². The second kappa shape index (κ2) is 8.79. The molecule has 2 rings (SSSR count). The van der Waals surface area contributed by atoms with Crippen molar-refractivity contribution in [1.82, 2.24) is 14.9 Å². The van der Waals surface area contributed by atoms with Crippen molar-refractivity contribution in [2.75, 3.05) is 20.6 Å². The molecule has 0 fully saturated rings. The standard InChI is InChI=1S/C19H23N3O4S/c1-14-5-4-6-15(11-14)12-20-18(23)13-21-19(24)16-7-9-17(10-8-16)27(25,26)22(2)3/h4-11H,12-13H2,1-3H3,(H,20,23)(H,21,24). The second-order valence-corrected chi connectivity index (χ2v) is 8.41. The van der Waals surface area contributed by atoms with Crippen LogP contribution in [0.25, 0.3) is 0 Å². The quantitative estimate of drug-likeness (QED) is 0.746. The third kappa shape index (κ3) is 5.63. The fourth-order valence-corrected chi connectivity index (χ4v) is 3.24. The molecule has 0 unspecified atom stereocenters. The Bertz CT molecular complexity index is 922. The minimum absolute atomic E-state index is 0.0972. The number of nitrogens with zero attached hydrogens (tertiary/aromatic N) is 1. The van der Waals surface area contributed by atoms with Gasteiger partial charge < -0.3 is 10.6 Å². The number of carbonyl (C=O) groups excluding carboxylic acids is 2. The SMILES string of the molecule is Cc1cccc(CNC(=O)CNC(=O)c2ccc(S(=O)(=O)N(C)C)cc2)c1. The summed E-state index contributed by atoms with van der Waals surface area (Å²) < 4.78 is 25.1. The number of hydrogen-bond acceptors (Lipinski definition) is 4. The molecule has 0 heterocycles. The molecule has 0 saturated heterocycles. The molecule has 0 saturated carbocycles. The van der Waals surface area contributed by atoms with Gasteiger partial charge in [0, 0.05) is 26.2 Å². The van der Waals surface area contributed by atoms with Gasteiger partial charge in [0.25, 0.3) is 5.91 Å². The normalized spacial score (nSPS) is 11.3. The summed E-state index contributed by atoms with van der Waals surface area (Å²) in [4.78, 5) is 24.1.